The first-order valence-electron chi connectivity index (χ1n) is 8.06. The van der Waals surface area contributed by atoms with Crippen LogP contribution in [0, 0.1) is 11.3 Å². The van der Waals surface area contributed by atoms with Gasteiger partial charge in [0.2, 0.25) is 0 Å². The average molecular weight is 285 g/mol. The van der Waals surface area contributed by atoms with Crippen molar-refractivity contribution in [2.45, 2.75) is 26.2 Å². The van der Waals surface area contributed by atoms with Gasteiger partial charge in [-0.1, -0.05) is 6.92 Å². The maximum Gasteiger partial charge on any atom is 0.142 e. The minimum absolute atomic E-state index is 0.407. The van der Waals surface area contributed by atoms with E-state index in [9.17, 15) is 0 Å². The molecular weight excluding hydrogens is 262 g/mol. The Morgan fingerprint density at radius 1 is 1.38 bits per heavy atom. The Balaban J connectivity index is 1.69. The number of aromatic amines is 1. The lowest BCUT2D eigenvalue weighted by Crippen LogP contribution is -2.57. The van der Waals surface area contributed by atoms with Gasteiger partial charge in [0.15, 0.2) is 0 Å². The van der Waals surface area contributed by atoms with Crippen LogP contribution in [0.5, 0.6) is 0 Å². The van der Waals surface area contributed by atoms with Gasteiger partial charge >= 0.3 is 0 Å². The number of fused-ring (bicyclic) bond motifs is 2. The topological polar surface area (TPSA) is 56.8 Å². The molecule has 0 aromatic carbocycles. The summed E-state index contributed by atoms with van der Waals surface area (Å²) in [7, 11) is 0. The fourth-order valence-corrected chi connectivity index (χ4v) is 4.29. The predicted molar refractivity (Wildman–Crippen MR) is 84.4 cm³/mol. The van der Waals surface area contributed by atoms with E-state index in [1.54, 1.807) is 6.33 Å². The molecule has 0 amide bonds. The maximum absolute atomic E-state index is 4.58. The predicted octanol–water partition coefficient (Wildman–Crippen LogP) is 2.17. The zero-order chi connectivity index (χ0) is 14.3. The molecule has 2 atom stereocenters. The average Bonchev–Trinajstić information content (AvgIpc) is 3.02. The molecule has 112 valence electrons. The lowest BCUT2D eigenvalue weighted by Gasteiger charge is -2.51. The molecule has 4 rings (SSSR count). The van der Waals surface area contributed by atoms with Crippen molar-refractivity contribution in [1.82, 2.24) is 20.3 Å². The number of nitrogens with zero attached hydrogens (tertiary/aromatic N) is 3. The summed E-state index contributed by atoms with van der Waals surface area (Å²) in [5, 5.41) is 4.76. The molecule has 4 heterocycles. The van der Waals surface area contributed by atoms with Crippen LogP contribution in [0.4, 0.5) is 5.82 Å². The highest BCUT2D eigenvalue weighted by Crippen LogP contribution is 2.43. The monoisotopic (exact) mass is 285 g/mol. The van der Waals surface area contributed by atoms with E-state index >= 15 is 0 Å². The number of aromatic nitrogens is 3. The van der Waals surface area contributed by atoms with Crippen LogP contribution in [0.1, 0.15) is 26.2 Å². The van der Waals surface area contributed by atoms with Crippen molar-refractivity contribution in [3.63, 3.8) is 0 Å². The summed E-state index contributed by atoms with van der Waals surface area (Å²) in [4.78, 5) is 14.6. The van der Waals surface area contributed by atoms with Crippen LogP contribution in [-0.4, -0.2) is 41.1 Å². The third kappa shape index (κ3) is 2.02. The highest BCUT2D eigenvalue weighted by molar-refractivity contribution is 5.87. The third-order valence-electron chi connectivity index (χ3n) is 5.60. The van der Waals surface area contributed by atoms with Crippen molar-refractivity contribution >= 4 is 16.9 Å². The van der Waals surface area contributed by atoms with E-state index in [0.717, 1.165) is 42.4 Å². The summed E-state index contributed by atoms with van der Waals surface area (Å²) in [5.41, 5.74) is 1.35. The molecule has 0 aliphatic carbocycles. The first-order chi connectivity index (χ1) is 10.3. The number of rotatable bonds is 2. The standard InChI is InChI=1S/C16H23N5/c1-2-16-9-17-6-3-12(16)5-8-21(10-16)15-13-4-7-18-14(13)19-11-20-15/h4,7,11-12,17H,2-3,5-6,8-10H2,1H3,(H,18,19,20)/t12?,16-/m1/s1. The molecule has 2 aliphatic rings. The van der Waals surface area contributed by atoms with Crippen molar-refractivity contribution in [2.24, 2.45) is 11.3 Å². The summed E-state index contributed by atoms with van der Waals surface area (Å²) >= 11 is 0. The van der Waals surface area contributed by atoms with Gasteiger partial charge in [-0.25, -0.2) is 9.97 Å². The van der Waals surface area contributed by atoms with Gasteiger partial charge in [0.25, 0.3) is 0 Å². The van der Waals surface area contributed by atoms with Crippen molar-refractivity contribution in [3.8, 4) is 0 Å². The molecule has 0 bridgehead atoms. The summed E-state index contributed by atoms with van der Waals surface area (Å²) < 4.78 is 0. The van der Waals surface area contributed by atoms with E-state index in [2.05, 4.69) is 38.2 Å². The van der Waals surface area contributed by atoms with Gasteiger partial charge in [0, 0.05) is 31.2 Å². The Bertz CT molecular complexity index is 636. The van der Waals surface area contributed by atoms with Crippen molar-refractivity contribution in [1.29, 1.82) is 0 Å². The molecule has 2 aromatic rings. The molecule has 2 aliphatic heterocycles. The van der Waals surface area contributed by atoms with Crippen LogP contribution in [0.25, 0.3) is 11.0 Å². The summed E-state index contributed by atoms with van der Waals surface area (Å²) in [5.74, 6) is 1.96. The van der Waals surface area contributed by atoms with Gasteiger partial charge in [-0.3, -0.25) is 0 Å². The minimum atomic E-state index is 0.407. The van der Waals surface area contributed by atoms with Gasteiger partial charge in [-0.15, -0.1) is 0 Å². The molecule has 5 nitrogen and oxygen atoms in total. The van der Waals surface area contributed by atoms with Gasteiger partial charge in [-0.2, -0.15) is 0 Å². The molecule has 2 aromatic heterocycles. The molecule has 21 heavy (non-hydrogen) atoms. The Morgan fingerprint density at radius 3 is 3.24 bits per heavy atom. The molecule has 0 spiro atoms. The van der Waals surface area contributed by atoms with E-state index in [-0.39, 0.29) is 0 Å². The maximum atomic E-state index is 4.58. The van der Waals surface area contributed by atoms with Crippen LogP contribution in [0.2, 0.25) is 0 Å². The Morgan fingerprint density at radius 2 is 2.33 bits per heavy atom. The molecule has 0 radical (unpaired) electrons. The molecular formula is C16H23N5. The summed E-state index contributed by atoms with van der Waals surface area (Å²) in [6.07, 6.45) is 7.48. The van der Waals surface area contributed by atoms with Crippen molar-refractivity contribution in [3.05, 3.63) is 18.6 Å². The molecule has 0 saturated carbocycles. The van der Waals surface area contributed by atoms with Gasteiger partial charge in [-0.05, 0) is 37.8 Å². The zero-order valence-corrected chi connectivity index (χ0v) is 12.6. The van der Waals surface area contributed by atoms with Crippen LogP contribution < -0.4 is 10.2 Å². The normalized spacial score (nSPS) is 29.6. The number of nitrogens with one attached hydrogen (secondary N) is 2. The first kappa shape index (κ1) is 13.1. The van der Waals surface area contributed by atoms with Crippen LogP contribution >= 0.6 is 0 Å². The Kier molecular flexibility index (Phi) is 3.10. The van der Waals surface area contributed by atoms with Crippen molar-refractivity contribution in [2.75, 3.05) is 31.1 Å². The third-order valence-corrected chi connectivity index (χ3v) is 5.60. The van der Waals surface area contributed by atoms with Gasteiger partial charge in [0.05, 0.1) is 5.39 Å². The smallest absolute Gasteiger partial charge is 0.142 e. The van der Waals surface area contributed by atoms with Crippen molar-refractivity contribution < 1.29 is 0 Å². The second-order valence-corrected chi connectivity index (χ2v) is 6.53. The van der Waals surface area contributed by atoms with E-state index in [1.165, 1.54) is 25.8 Å². The number of hydrogen-bond donors (Lipinski definition) is 2. The zero-order valence-electron chi connectivity index (χ0n) is 12.6. The quantitative estimate of drug-likeness (QED) is 0.888. The SMILES string of the molecule is CC[C@]12CNCCC1CCN(c1ncnc3[nH]ccc13)C2. The van der Waals surface area contributed by atoms with E-state index < -0.39 is 0 Å². The number of hydrogen-bond acceptors (Lipinski definition) is 4. The first-order valence-corrected chi connectivity index (χ1v) is 8.06. The minimum Gasteiger partial charge on any atom is -0.355 e. The highest BCUT2D eigenvalue weighted by Gasteiger charge is 2.43. The molecule has 1 unspecified atom stereocenters. The highest BCUT2D eigenvalue weighted by atomic mass is 15.2. The summed E-state index contributed by atoms with van der Waals surface area (Å²) in [6, 6.07) is 2.09. The Labute approximate surface area is 125 Å². The fraction of sp³-hybridized carbons (Fsp3) is 0.625. The van der Waals surface area contributed by atoms with Gasteiger partial charge < -0.3 is 15.2 Å². The van der Waals surface area contributed by atoms with Crippen LogP contribution in [-0.2, 0) is 0 Å². The van der Waals surface area contributed by atoms with Crippen LogP contribution in [0.3, 0.4) is 0 Å². The molecule has 2 N–H and O–H groups in total. The van der Waals surface area contributed by atoms with E-state index in [4.69, 9.17) is 0 Å². The number of piperidine rings is 2. The molecule has 5 heteroatoms. The number of H-pyrrole nitrogens is 1. The van der Waals surface area contributed by atoms with Crippen LogP contribution in [0.15, 0.2) is 18.6 Å². The number of anilines is 1. The van der Waals surface area contributed by atoms with Gasteiger partial charge in [0.1, 0.15) is 17.8 Å². The molecule has 2 saturated heterocycles. The lowest BCUT2D eigenvalue weighted by atomic mass is 9.66. The summed E-state index contributed by atoms with van der Waals surface area (Å²) in [6.45, 7) is 6.89. The lowest BCUT2D eigenvalue weighted by molar-refractivity contribution is 0.0844. The fourth-order valence-electron chi connectivity index (χ4n) is 4.29. The second kappa shape index (κ2) is 4.98. The molecule has 2 fully saturated rings. The Hall–Kier alpha value is -1.62. The second-order valence-electron chi connectivity index (χ2n) is 6.53. The van der Waals surface area contributed by atoms with E-state index in [1.807, 2.05) is 6.20 Å². The largest absolute Gasteiger partial charge is 0.355 e. The van der Waals surface area contributed by atoms with E-state index in [0.29, 0.717) is 5.41 Å².